The summed E-state index contributed by atoms with van der Waals surface area (Å²) >= 11 is 6.02. The lowest BCUT2D eigenvalue weighted by Crippen LogP contribution is -2.06. The smallest absolute Gasteiger partial charge is 0.416 e. The summed E-state index contributed by atoms with van der Waals surface area (Å²) in [6.07, 6.45) is -3.83. The molecule has 0 bridgehead atoms. The molecule has 1 fully saturated rings. The number of carbonyl (C=O) groups is 1. The minimum atomic E-state index is -4.44. The Hall–Kier alpha value is -2.21. The van der Waals surface area contributed by atoms with Crippen LogP contribution in [0.5, 0.6) is 5.75 Å². The van der Waals surface area contributed by atoms with Crippen molar-refractivity contribution in [3.8, 4) is 16.9 Å². The molecule has 2 atom stereocenters. The van der Waals surface area contributed by atoms with E-state index >= 15 is 0 Å². The molecular formula is C18H14ClF3O3. The fourth-order valence-electron chi connectivity index (χ4n) is 2.59. The predicted octanol–water partition coefficient (Wildman–Crippen LogP) is 5.13. The zero-order chi connectivity index (χ0) is 18.2. The van der Waals surface area contributed by atoms with Crippen LogP contribution in [0.15, 0.2) is 42.5 Å². The van der Waals surface area contributed by atoms with Gasteiger partial charge in [0.2, 0.25) is 0 Å². The van der Waals surface area contributed by atoms with Crippen LogP contribution in [-0.2, 0) is 11.0 Å². The van der Waals surface area contributed by atoms with Gasteiger partial charge in [0.05, 0.1) is 18.1 Å². The first-order valence-corrected chi connectivity index (χ1v) is 7.96. The van der Waals surface area contributed by atoms with Gasteiger partial charge in [0.15, 0.2) is 0 Å². The van der Waals surface area contributed by atoms with E-state index in [1.165, 1.54) is 6.07 Å². The van der Waals surface area contributed by atoms with Crippen LogP contribution >= 0.6 is 11.6 Å². The van der Waals surface area contributed by atoms with Gasteiger partial charge in [0, 0.05) is 16.5 Å². The normalized spacial score (nSPS) is 19.5. The van der Waals surface area contributed by atoms with Gasteiger partial charge in [-0.25, -0.2) is 0 Å². The minimum Gasteiger partial charge on any atom is -0.493 e. The Morgan fingerprint density at radius 1 is 1.20 bits per heavy atom. The van der Waals surface area contributed by atoms with Gasteiger partial charge in [-0.05, 0) is 42.3 Å². The Morgan fingerprint density at radius 2 is 1.88 bits per heavy atom. The number of hydrogen-bond acceptors (Lipinski definition) is 2. The molecule has 1 saturated carbocycles. The molecule has 0 radical (unpaired) electrons. The van der Waals surface area contributed by atoms with E-state index in [4.69, 9.17) is 21.4 Å². The summed E-state index contributed by atoms with van der Waals surface area (Å²) in [4.78, 5) is 10.8. The molecule has 0 unspecified atom stereocenters. The minimum absolute atomic E-state index is 0.00934. The summed E-state index contributed by atoms with van der Waals surface area (Å²) in [5, 5.41) is 9.07. The van der Waals surface area contributed by atoms with Gasteiger partial charge in [-0.15, -0.1) is 0 Å². The lowest BCUT2D eigenvalue weighted by atomic mass is 10.0. The van der Waals surface area contributed by atoms with Crippen LogP contribution in [0.2, 0.25) is 5.02 Å². The fourth-order valence-corrected chi connectivity index (χ4v) is 2.82. The zero-order valence-electron chi connectivity index (χ0n) is 12.9. The van der Waals surface area contributed by atoms with Gasteiger partial charge in [0.1, 0.15) is 5.75 Å². The molecule has 3 rings (SSSR count). The van der Waals surface area contributed by atoms with Gasteiger partial charge in [0.25, 0.3) is 0 Å². The number of benzene rings is 2. The predicted molar refractivity (Wildman–Crippen MR) is 86.6 cm³/mol. The number of carboxylic acids is 1. The number of rotatable bonds is 5. The summed E-state index contributed by atoms with van der Waals surface area (Å²) in [5.74, 6) is -0.621. The Morgan fingerprint density at radius 3 is 2.44 bits per heavy atom. The molecule has 2 aromatic carbocycles. The molecule has 0 saturated heterocycles. The first-order valence-electron chi connectivity index (χ1n) is 7.58. The van der Waals surface area contributed by atoms with Crippen molar-refractivity contribution in [1.82, 2.24) is 0 Å². The lowest BCUT2D eigenvalue weighted by Gasteiger charge is -2.11. The first-order chi connectivity index (χ1) is 11.8. The van der Waals surface area contributed by atoms with E-state index in [1.807, 2.05) is 0 Å². The summed E-state index contributed by atoms with van der Waals surface area (Å²) in [5.41, 5.74) is 0.0649. The molecule has 7 heteroatoms. The number of ether oxygens (including phenoxy) is 1. The van der Waals surface area contributed by atoms with Crippen LogP contribution in [0.1, 0.15) is 12.0 Å². The number of halogens is 4. The van der Waals surface area contributed by atoms with Crippen LogP contribution in [0, 0.1) is 11.8 Å². The Labute approximate surface area is 147 Å². The monoisotopic (exact) mass is 370 g/mol. The average molecular weight is 371 g/mol. The number of hydrogen-bond donors (Lipinski definition) is 1. The summed E-state index contributed by atoms with van der Waals surface area (Å²) in [6.45, 7) is 0.306. The molecule has 1 N–H and O–H groups in total. The zero-order valence-corrected chi connectivity index (χ0v) is 13.6. The molecule has 0 heterocycles. The quantitative estimate of drug-likeness (QED) is 0.794. The van der Waals surface area contributed by atoms with Crippen molar-refractivity contribution in [2.45, 2.75) is 12.6 Å². The maximum atomic E-state index is 12.8. The third-order valence-electron chi connectivity index (χ3n) is 4.16. The molecular weight excluding hydrogens is 357 g/mol. The molecule has 0 spiro atoms. The second-order valence-electron chi connectivity index (χ2n) is 5.97. The number of aliphatic carboxylic acids is 1. The highest BCUT2D eigenvalue weighted by Gasteiger charge is 2.43. The van der Waals surface area contributed by atoms with Crippen LogP contribution < -0.4 is 4.74 Å². The highest BCUT2D eigenvalue weighted by molar-refractivity contribution is 6.33. The number of alkyl halides is 3. The maximum Gasteiger partial charge on any atom is 0.416 e. The second-order valence-corrected chi connectivity index (χ2v) is 6.38. The third kappa shape index (κ3) is 4.07. The first kappa shape index (κ1) is 17.6. The maximum absolute atomic E-state index is 12.8. The van der Waals surface area contributed by atoms with Gasteiger partial charge in [-0.2, -0.15) is 13.2 Å². The summed E-state index contributed by atoms with van der Waals surface area (Å²) in [7, 11) is 0. The third-order valence-corrected chi connectivity index (χ3v) is 4.49. The molecule has 3 nitrogen and oxygen atoms in total. The van der Waals surface area contributed by atoms with Crippen LogP contribution in [0.4, 0.5) is 13.2 Å². The van der Waals surface area contributed by atoms with Gasteiger partial charge >= 0.3 is 12.1 Å². The van der Waals surface area contributed by atoms with Gasteiger partial charge < -0.3 is 9.84 Å². The van der Waals surface area contributed by atoms with E-state index in [-0.39, 0.29) is 22.4 Å². The molecule has 0 aliphatic heterocycles. The molecule has 0 aromatic heterocycles. The van der Waals surface area contributed by atoms with E-state index in [0.29, 0.717) is 24.3 Å². The standard InChI is InChI=1S/C18H14ClF3O3/c19-16-6-3-12(18(20,21)22)8-14(16)10-1-4-13(5-2-10)25-9-11-7-15(11)17(23)24/h1-6,8,11,15H,7,9H2,(H,23,24)/t11-,15+/m0/s1. The fraction of sp³-hybridized carbons (Fsp3) is 0.278. The van der Waals surface area contributed by atoms with Crippen LogP contribution in [-0.4, -0.2) is 17.7 Å². The van der Waals surface area contributed by atoms with Crippen LogP contribution in [0.25, 0.3) is 11.1 Å². The van der Waals surface area contributed by atoms with E-state index in [0.717, 1.165) is 12.1 Å². The van der Waals surface area contributed by atoms with Crippen molar-refractivity contribution >= 4 is 17.6 Å². The van der Waals surface area contributed by atoms with Crippen molar-refractivity contribution < 1.29 is 27.8 Å². The highest BCUT2D eigenvalue weighted by Crippen LogP contribution is 2.39. The second kappa shape index (κ2) is 6.59. The molecule has 1 aliphatic rings. The topological polar surface area (TPSA) is 46.5 Å². The van der Waals surface area contributed by atoms with Crippen molar-refractivity contribution in [3.05, 3.63) is 53.1 Å². The number of carboxylic acid groups (broad SMARTS) is 1. The van der Waals surface area contributed by atoms with E-state index in [1.54, 1.807) is 24.3 Å². The van der Waals surface area contributed by atoms with E-state index < -0.39 is 17.7 Å². The van der Waals surface area contributed by atoms with Crippen molar-refractivity contribution in [3.63, 3.8) is 0 Å². The van der Waals surface area contributed by atoms with Crippen LogP contribution in [0.3, 0.4) is 0 Å². The van der Waals surface area contributed by atoms with Crippen molar-refractivity contribution in [2.24, 2.45) is 11.8 Å². The Kier molecular flexibility index (Phi) is 4.64. The summed E-state index contributed by atoms with van der Waals surface area (Å²) in [6, 6.07) is 9.69. The van der Waals surface area contributed by atoms with Gasteiger partial charge in [-0.3, -0.25) is 4.79 Å². The van der Waals surface area contributed by atoms with E-state index in [2.05, 4.69) is 0 Å². The molecule has 132 valence electrons. The molecule has 1 aliphatic carbocycles. The average Bonchev–Trinajstić information content (AvgIpc) is 3.33. The molecule has 0 amide bonds. The largest absolute Gasteiger partial charge is 0.493 e. The Bertz CT molecular complexity index is 787. The lowest BCUT2D eigenvalue weighted by molar-refractivity contribution is -0.139. The highest BCUT2D eigenvalue weighted by atomic mass is 35.5. The molecule has 2 aromatic rings. The molecule has 25 heavy (non-hydrogen) atoms. The SMILES string of the molecule is O=C(O)[C@@H]1C[C@H]1COc1ccc(-c2cc(C(F)(F)F)ccc2Cl)cc1. The Balaban J connectivity index is 1.71. The van der Waals surface area contributed by atoms with Crippen molar-refractivity contribution in [2.75, 3.05) is 6.61 Å². The van der Waals surface area contributed by atoms with E-state index in [9.17, 15) is 18.0 Å². The van der Waals surface area contributed by atoms with Gasteiger partial charge in [-0.1, -0.05) is 23.7 Å². The summed E-state index contributed by atoms with van der Waals surface area (Å²) < 4.78 is 44.1. The van der Waals surface area contributed by atoms with Crippen molar-refractivity contribution in [1.29, 1.82) is 0 Å².